The van der Waals surface area contributed by atoms with Crippen LogP contribution in [0.5, 0.6) is 11.5 Å². The van der Waals surface area contributed by atoms with E-state index in [0.29, 0.717) is 11.4 Å². The zero-order valence-electron chi connectivity index (χ0n) is 33.4. The average molecular weight is 751 g/mol. The molecule has 1 aromatic heterocycles. The Morgan fingerprint density at radius 3 is 2.21 bits per heavy atom. The Kier molecular flexibility index (Phi) is 15.0. The lowest BCUT2D eigenvalue weighted by atomic mass is 9.83. The Balaban J connectivity index is 1.23. The van der Waals surface area contributed by atoms with Crippen molar-refractivity contribution in [3.63, 3.8) is 0 Å². The van der Waals surface area contributed by atoms with E-state index < -0.39 is 10.0 Å². The van der Waals surface area contributed by atoms with E-state index in [4.69, 9.17) is 14.0 Å². The molecular formula is C42H62N4O6S. The highest BCUT2D eigenvalue weighted by molar-refractivity contribution is 7.92. The lowest BCUT2D eigenvalue weighted by Gasteiger charge is -2.38. The molecule has 2 heterocycles. The van der Waals surface area contributed by atoms with Gasteiger partial charge in [0.05, 0.1) is 16.9 Å². The summed E-state index contributed by atoms with van der Waals surface area (Å²) in [4.78, 5) is 17.0. The first kappa shape index (κ1) is 41.9. The zero-order chi connectivity index (χ0) is 38.8. The number of carbonyl (C=O) groups excluding carboxylic acids is 1. The molecule has 10 nitrogen and oxygen atoms in total. The van der Waals surface area contributed by atoms with E-state index in [9.17, 15) is 13.2 Å². The number of ether oxygens (including phenoxy) is 2. The summed E-state index contributed by atoms with van der Waals surface area (Å²) in [5.74, 6) is 4.31. The second-order valence-electron chi connectivity index (χ2n) is 16.0. The fraction of sp³-hybridized carbons (Fsp3) is 0.595. The Morgan fingerprint density at radius 2 is 1.58 bits per heavy atom. The molecule has 4 rings (SSSR count). The highest BCUT2D eigenvalue weighted by Crippen LogP contribution is 2.45. The van der Waals surface area contributed by atoms with Gasteiger partial charge in [-0.05, 0) is 119 Å². The van der Waals surface area contributed by atoms with Gasteiger partial charge in [-0.25, -0.2) is 13.4 Å². The van der Waals surface area contributed by atoms with Gasteiger partial charge in [-0.15, -0.1) is 0 Å². The molecular weight excluding hydrogens is 689 g/mol. The first-order chi connectivity index (χ1) is 25.1. The van der Waals surface area contributed by atoms with Crippen LogP contribution in [0.2, 0.25) is 0 Å². The van der Waals surface area contributed by atoms with Crippen molar-refractivity contribution in [2.24, 2.45) is 22.7 Å². The van der Waals surface area contributed by atoms with E-state index in [0.717, 1.165) is 70.8 Å². The maximum Gasteiger partial charge on any atom is 0.263 e. The van der Waals surface area contributed by atoms with Gasteiger partial charge in [-0.2, -0.15) is 0 Å². The van der Waals surface area contributed by atoms with Crippen LogP contribution in [0.15, 0.2) is 44.7 Å². The maximum absolute atomic E-state index is 12.7. The van der Waals surface area contributed by atoms with Crippen LogP contribution in [0.25, 0.3) is 0 Å². The number of aryl methyl sites for hydroxylation is 1. The molecule has 292 valence electrons. The summed E-state index contributed by atoms with van der Waals surface area (Å²) in [7, 11) is -3.84. The van der Waals surface area contributed by atoms with Crippen molar-refractivity contribution in [1.29, 1.82) is 0 Å². The van der Waals surface area contributed by atoms with Crippen LogP contribution in [0.1, 0.15) is 127 Å². The zero-order valence-corrected chi connectivity index (χ0v) is 34.3. The molecule has 0 bridgehead atoms. The van der Waals surface area contributed by atoms with Crippen molar-refractivity contribution in [1.82, 2.24) is 10.5 Å². The van der Waals surface area contributed by atoms with Crippen molar-refractivity contribution in [2.45, 2.75) is 143 Å². The number of benzene rings is 2. The number of aliphatic imine (C=N–C) groups is 1. The summed E-state index contributed by atoms with van der Waals surface area (Å²) in [5, 5.41) is 6.29. The molecule has 1 aliphatic rings. The Labute approximate surface area is 318 Å². The number of nitrogens with zero attached hydrogens (tertiary/aromatic N) is 2. The second-order valence-corrected chi connectivity index (χ2v) is 17.6. The van der Waals surface area contributed by atoms with Crippen LogP contribution in [-0.4, -0.2) is 38.0 Å². The monoisotopic (exact) mass is 750 g/mol. The minimum absolute atomic E-state index is 0.0409. The summed E-state index contributed by atoms with van der Waals surface area (Å²) in [6.07, 6.45) is 14.7. The van der Waals surface area contributed by atoms with Crippen molar-refractivity contribution in [3.05, 3.63) is 58.3 Å². The molecule has 53 heavy (non-hydrogen) atoms. The van der Waals surface area contributed by atoms with E-state index in [-0.39, 0.29) is 28.8 Å². The van der Waals surface area contributed by atoms with Crippen LogP contribution >= 0.6 is 0 Å². The third kappa shape index (κ3) is 12.3. The summed E-state index contributed by atoms with van der Waals surface area (Å²) in [5.41, 5.74) is 4.49. The highest BCUT2D eigenvalue weighted by Gasteiger charge is 2.34. The van der Waals surface area contributed by atoms with Gasteiger partial charge in [0.2, 0.25) is 0 Å². The Bertz CT molecular complexity index is 1800. The Hall–Kier alpha value is -3.86. The van der Waals surface area contributed by atoms with E-state index in [1.165, 1.54) is 88.0 Å². The third-order valence-corrected chi connectivity index (χ3v) is 12.0. The second kappa shape index (κ2) is 18.9. The number of nitrogens with one attached hydrogen (secondary N) is 2. The lowest BCUT2D eigenvalue weighted by Crippen LogP contribution is -2.37. The number of aromatic nitrogens is 1. The van der Waals surface area contributed by atoms with Crippen LogP contribution in [-0.2, 0) is 21.2 Å². The predicted octanol–water partition coefficient (Wildman–Crippen LogP) is 10.1. The third-order valence-electron chi connectivity index (χ3n) is 10.6. The molecule has 1 aliphatic heterocycles. The first-order valence-corrected chi connectivity index (χ1v) is 20.9. The molecule has 2 N–H and O–H groups in total. The minimum Gasteiger partial charge on any atom is -0.487 e. The van der Waals surface area contributed by atoms with Gasteiger partial charge in [0.15, 0.2) is 12.4 Å². The van der Waals surface area contributed by atoms with Gasteiger partial charge in [0, 0.05) is 11.6 Å². The van der Waals surface area contributed by atoms with Crippen LogP contribution in [0, 0.1) is 45.4 Å². The number of fused-ring (bicyclic) bond motifs is 1. The quantitative estimate of drug-likeness (QED) is 0.0868. The first-order valence-electron chi connectivity index (χ1n) is 19.4. The van der Waals surface area contributed by atoms with Crippen molar-refractivity contribution in [2.75, 3.05) is 11.3 Å². The normalized spacial score (nSPS) is 17.0. The molecule has 2 aromatic carbocycles. The summed E-state index contributed by atoms with van der Waals surface area (Å²) >= 11 is 0. The van der Waals surface area contributed by atoms with Gasteiger partial charge >= 0.3 is 0 Å². The van der Waals surface area contributed by atoms with Crippen LogP contribution < -0.4 is 19.5 Å². The van der Waals surface area contributed by atoms with Crippen LogP contribution in [0.4, 0.5) is 11.5 Å². The number of carbonyl (C=O) groups is 1. The molecule has 3 aromatic rings. The fourth-order valence-corrected chi connectivity index (χ4v) is 8.14. The standard InChI is InChI=1S/C42H62N4O6S/c1-28(2)13-10-14-29(3)15-11-16-30(4)17-12-23-42(9)24-22-37-34(8)40(32(6)33(7)41(37)51-42)50-26-39(47)44-27-43-35-18-20-36(21-19-35)53(48,49)46-38-25-31(5)52-45-38/h18-21,25,27-30H,10-17,22-24,26H2,1-9H3,(H,45,46)(H,43,44,47). The molecule has 3 atom stereocenters. The molecule has 0 aliphatic carbocycles. The molecule has 11 heteroatoms. The molecule has 0 radical (unpaired) electrons. The number of sulfonamides is 1. The SMILES string of the molecule is Cc1cc(NS(=O)(=O)c2ccc(N=CNC(=O)COc3c(C)c(C)c4c(c3C)CCC(C)(CCCC(C)CCCC(C)CCCC(C)C)O4)cc2)no1. The number of hydrogen-bond donors (Lipinski definition) is 2. The van der Waals surface area contributed by atoms with E-state index in [1.54, 1.807) is 6.92 Å². The number of amides is 1. The summed E-state index contributed by atoms with van der Waals surface area (Å²) < 4.78 is 45.4. The number of anilines is 1. The number of rotatable bonds is 20. The number of hydrogen-bond acceptors (Lipinski definition) is 8. The summed E-state index contributed by atoms with van der Waals surface area (Å²) in [6.45, 7) is 19.4. The molecule has 3 unspecified atom stereocenters. The van der Waals surface area contributed by atoms with Crippen molar-refractivity contribution in [3.8, 4) is 11.5 Å². The van der Waals surface area contributed by atoms with E-state index >= 15 is 0 Å². The fourth-order valence-electron chi connectivity index (χ4n) is 7.16. The summed E-state index contributed by atoms with van der Waals surface area (Å²) in [6, 6.07) is 7.40. The maximum atomic E-state index is 12.7. The van der Waals surface area contributed by atoms with Gasteiger partial charge in [0.1, 0.15) is 22.9 Å². The lowest BCUT2D eigenvalue weighted by molar-refractivity contribution is -0.121. The van der Waals surface area contributed by atoms with E-state index in [2.05, 4.69) is 61.7 Å². The largest absolute Gasteiger partial charge is 0.487 e. The van der Waals surface area contributed by atoms with E-state index in [1.807, 2.05) is 13.8 Å². The van der Waals surface area contributed by atoms with Gasteiger partial charge in [-0.1, -0.05) is 77.8 Å². The van der Waals surface area contributed by atoms with Crippen LogP contribution in [0.3, 0.4) is 0 Å². The van der Waals surface area contributed by atoms with Gasteiger partial charge < -0.3 is 19.3 Å². The smallest absolute Gasteiger partial charge is 0.263 e. The molecule has 0 saturated carbocycles. The minimum atomic E-state index is -3.84. The van der Waals surface area contributed by atoms with Crippen molar-refractivity contribution >= 4 is 33.8 Å². The Morgan fingerprint density at radius 1 is 0.943 bits per heavy atom. The molecule has 0 fully saturated rings. The molecule has 0 spiro atoms. The molecule has 1 amide bonds. The van der Waals surface area contributed by atoms with Crippen molar-refractivity contribution < 1.29 is 27.2 Å². The topological polar surface area (TPSA) is 132 Å². The average Bonchev–Trinajstić information content (AvgIpc) is 3.50. The molecule has 0 saturated heterocycles. The van der Waals surface area contributed by atoms with Gasteiger partial charge in [-0.3, -0.25) is 9.52 Å². The van der Waals surface area contributed by atoms with Gasteiger partial charge in [0.25, 0.3) is 15.9 Å². The highest BCUT2D eigenvalue weighted by atomic mass is 32.2. The predicted molar refractivity (Wildman–Crippen MR) is 213 cm³/mol.